The van der Waals surface area contributed by atoms with E-state index in [2.05, 4.69) is 10.3 Å². The summed E-state index contributed by atoms with van der Waals surface area (Å²) in [4.78, 5) is 14.6. The fourth-order valence-electron chi connectivity index (χ4n) is 1.54. The van der Waals surface area contributed by atoms with Crippen molar-refractivity contribution in [3.63, 3.8) is 0 Å². The third-order valence-corrected chi connectivity index (χ3v) is 3.59. The van der Waals surface area contributed by atoms with Crippen LogP contribution in [-0.4, -0.2) is 22.4 Å². The molecule has 1 saturated heterocycles. The largest absolute Gasteiger partial charge is 0.367 e. The molecule has 4 heteroatoms. The average molecular weight is 210 g/mol. The van der Waals surface area contributed by atoms with Crippen molar-refractivity contribution in [1.82, 2.24) is 10.3 Å². The number of hydrogen-bond donors (Lipinski definition) is 2. The fourth-order valence-corrected chi connectivity index (χ4v) is 2.76. The zero-order chi connectivity index (χ0) is 9.80. The first-order valence-corrected chi connectivity index (χ1v) is 5.99. The van der Waals surface area contributed by atoms with Crippen molar-refractivity contribution >= 4 is 17.7 Å². The minimum Gasteiger partial charge on any atom is -0.367 e. The number of amides is 1. The fraction of sp³-hybridized carbons (Fsp3) is 0.500. The Morgan fingerprint density at radius 2 is 2.64 bits per heavy atom. The molecule has 3 nitrogen and oxygen atoms in total. The molecular weight excluding hydrogens is 196 g/mol. The van der Waals surface area contributed by atoms with E-state index in [-0.39, 0.29) is 11.8 Å². The van der Waals surface area contributed by atoms with Crippen LogP contribution in [0.15, 0.2) is 18.5 Å². The highest BCUT2D eigenvalue weighted by atomic mass is 32.2. The Hall–Kier alpha value is -0.900. The van der Waals surface area contributed by atoms with E-state index < -0.39 is 0 Å². The minimum absolute atomic E-state index is 0.205. The first kappa shape index (κ1) is 9.65. The van der Waals surface area contributed by atoms with Crippen molar-refractivity contribution in [2.75, 3.05) is 11.5 Å². The van der Waals surface area contributed by atoms with Crippen LogP contribution in [0.25, 0.3) is 0 Å². The number of aromatic amines is 1. The van der Waals surface area contributed by atoms with Crippen LogP contribution < -0.4 is 5.32 Å². The molecule has 76 valence electrons. The maximum Gasteiger partial charge on any atom is 0.224 e. The van der Waals surface area contributed by atoms with Gasteiger partial charge < -0.3 is 10.3 Å². The molecule has 1 aromatic heterocycles. The van der Waals surface area contributed by atoms with Crippen LogP contribution in [0.2, 0.25) is 0 Å². The van der Waals surface area contributed by atoms with Gasteiger partial charge >= 0.3 is 0 Å². The quantitative estimate of drug-likeness (QED) is 0.791. The van der Waals surface area contributed by atoms with Crippen LogP contribution in [0.1, 0.15) is 12.0 Å². The van der Waals surface area contributed by atoms with Gasteiger partial charge in [-0.3, -0.25) is 4.79 Å². The third kappa shape index (κ3) is 2.32. The normalized spacial score (nSPS) is 21.0. The van der Waals surface area contributed by atoms with Gasteiger partial charge in [0.05, 0.1) is 0 Å². The summed E-state index contributed by atoms with van der Waals surface area (Å²) in [6.07, 6.45) is 4.81. The monoisotopic (exact) mass is 210 g/mol. The van der Waals surface area contributed by atoms with Crippen LogP contribution in [-0.2, 0) is 11.3 Å². The summed E-state index contributed by atoms with van der Waals surface area (Å²) >= 11 is 1.87. The molecule has 0 aromatic carbocycles. The molecule has 1 atom stereocenters. The molecule has 2 rings (SSSR count). The lowest BCUT2D eigenvalue weighted by atomic mass is 10.1. The predicted molar refractivity (Wildman–Crippen MR) is 58.1 cm³/mol. The maximum atomic E-state index is 11.6. The van der Waals surface area contributed by atoms with Crippen LogP contribution in [0.3, 0.4) is 0 Å². The number of thioether (sulfide) groups is 1. The lowest BCUT2D eigenvalue weighted by Gasteiger charge is -2.08. The maximum absolute atomic E-state index is 11.6. The van der Waals surface area contributed by atoms with Crippen LogP contribution >= 0.6 is 11.8 Å². The molecule has 0 radical (unpaired) electrons. The van der Waals surface area contributed by atoms with Gasteiger partial charge in [0.2, 0.25) is 5.91 Å². The van der Waals surface area contributed by atoms with Gasteiger partial charge in [0.25, 0.3) is 0 Å². The first-order chi connectivity index (χ1) is 6.86. The molecule has 1 aromatic rings. The lowest BCUT2D eigenvalue weighted by molar-refractivity contribution is -0.124. The van der Waals surface area contributed by atoms with Gasteiger partial charge in [0.1, 0.15) is 0 Å². The van der Waals surface area contributed by atoms with Gasteiger partial charge in [0.15, 0.2) is 0 Å². The smallest absolute Gasteiger partial charge is 0.224 e. The summed E-state index contributed by atoms with van der Waals surface area (Å²) in [5.74, 6) is 2.55. The molecule has 1 unspecified atom stereocenters. The molecule has 14 heavy (non-hydrogen) atoms. The Morgan fingerprint density at radius 3 is 3.29 bits per heavy atom. The van der Waals surface area contributed by atoms with E-state index >= 15 is 0 Å². The molecule has 0 spiro atoms. The highest BCUT2D eigenvalue weighted by molar-refractivity contribution is 7.99. The lowest BCUT2D eigenvalue weighted by Crippen LogP contribution is -2.29. The second-order valence-corrected chi connectivity index (χ2v) is 4.65. The van der Waals surface area contributed by atoms with E-state index in [1.807, 2.05) is 30.2 Å². The molecule has 0 bridgehead atoms. The summed E-state index contributed by atoms with van der Waals surface area (Å²) in [5.41, 5.74) is 1.13. The van der Waals surface area contributed by atoms with Crippen molar-refractivity contribution in [1.29, 1.82) is 0 Å². The van der Waals surface area contributed by atoms with Gasteiger partial charge in [-0.2, -0.15) is 11.8 Å². The van der Waals surface area contributed by atoms with E-state index in [0.717, 1.165) is 23.5 Å². The summed E-state index contributed by atoms with van der Waals surface area (Å²) in [6.45, 7) is 0.642. The number of nitrogens with one attached hydrogen (secondary N) is 2. The molecule has 1 amide bonds. The summed E-state index contributed by atoms with van der Waals surface area (Å²) in [6, 6.07) is 1.98. The Kier molecular flexibility index (Phi) is 3.14. The van der Waals surface area contributed by atoms with Crippen LogP contribution in [0.4, 0.5) is 0 Å². The number of carbonyl (C=O) groups is 1. The number of aromatic nitrogens is 1. The van der Waals surface area contributed by atoms with Crippen molar-refractivity contribution in [2.24, 2.45) is 5.92 Å². The van der Waals surface area contributed by atoms with E-state index in [1.165, 1.54) is 0 Å². The van der Waals surface area contributed by atoms with Gasteiger partial charge in [-0.15, -0.1) is 0 Å². The molecular formula is C10H14N2OS. The summed E-state index contributed by atoms with van der Waals surface area (Å²) in [5, 5.41) is 2.95. The van der Waals surface area contributed by atoms with Crippen LogP contribution in [0, 0.1) is 5.92 Å². The number of H-pyrrole nitrogens is 1. The van der Waals surface area contributed by atoms with Gasteiger partial charge in [0, 0.05) is 30.6 Å². The first-order valence-electron chi connectivity index (χ1n) is 4.83. The Labute approximate surface area is 87.7 Å². The van der Waals surface area contributed by atoms with E-state index in [0.29, 0.717) is 6.54 Å². The second-order valence-electron chi connectivity index (χ2n) is 3.50. The number of hydrogen-bond acceptors (Lipinski definition) is 2. The summed E-state index contributed by atoms with van der Waals surface area (Å²) < 4.78 is 0. The topological polar surface area (TPSA) is 44.9 Å². The molecule has 0 saturated carbocycles. The third-order valence-electron chi connectivity index (χ3n) is 2.43. The van der Waals surface area contributed by atoms with Crippen molar-refractivity contribution < 1.29 is 4.79 Å². The highest BCUT2D eigenvalue weighted by Crippen LogP contribution is 2.23. The standard InChI is InChI=1S/C10H14N2OS/c13-10(9-2-4-14-7-9)12-6-8-1-3-11-5-8/h1,3,5,9,11H,2,4,6-7H2,(H,12,13). The van der Waals surface area contributed by atoms with Crippen molar-refractivity contribution in [2.45, 2.75) is 13.0 Å². The van der Waals surface area contributed by atoms with E-state index in [4.69, 9.17) is 0 Å². The Morgan fingerprint density at radius 1 is 1.71 bits per heavy atom. The average Bonchev–Trinajstić information content (AvgIpc) is 2.87. The van der Waals surface area contributed by atoms with E-state index in [9.17, 15) is 4.79 Å². The molecule has 2 N–H and O–H groups in total. The van der Waals surface area contributed by atoms with Crippen molar-refractivity contribution in [3.8, 4) is 0 Å². The zero-order valence-electron chi connectivity index (χ0n) is 7.95. The molecule has 1 fully saturated rings. The molecule has 0 aliphatic carbocycles. The van der Waals surface area contributed by atoms with Gasteiger partial charge in [-0.25, -0.2) is 0 Å². The molecule has 2 heterocycles. The SMILES string of the molecule is O=C(NCc1cc[nH]c1)C1CCSC1. The predicted octanol–water partition coefficient (Wildman–Crippen LogP) is 1.38. The van der Waals surface area contributed by atoms with Gasteiger partial charge in [-0.05, 0) is 23.8 Å². The summed E-state index contributed by atoms with van der Waals surface area (Å²) in [7, 11) is 0. The minimum atomic E-state index is 0.205. The molecule has 1 aliphatic heterocycles. The Balaban J connectivity index is 1.77. The van der Waals surface area contributed by atoms with Crippen LogP contribution in [0.5, 0.6) is 0 Å². The second kappa shape index (κ2) is 4.55. The van der Waals surface area contributed by atoms with Crippen molar-refractivity contribution in [3.05, 3.63) is 24.0 Å². The van der Waals surface area contributed by atoms with Gasteiger partial charge in [-0.1, -0.05) is 0 Å². The highest BCUT2D eigenvalue weighted by Gasteiger charge is 2.22. The number of carbonyl (C=O) groups excluding carboxylic acids is 1. The zero-order valence-corrected chi connectivity index (χ0v) is 8.77. The van der Waals surface area contributed by atoms with E-state index in [1.54, 1.807) is 0 Å². The molecule has 1 aliphatic rings. The Bertz CT molecular complexity index is 291. The number of rotatable bonds is 3.